The molecule has 15 heteroatoms. The van der Waals surface area contributed by atoms with Crippen molar-refractivity contribution in [3.8, 4) is 34.3 Å². The highest BCUT2D eigenvalue weighted by Crippen LogP contribution is 2.25. The van der Waals surface area contributed by atoms with Gasteiger partial charge in [0.2, 0.25) is 23.5 Å². The number of aromatic nitrogens is 8. The second-order valence-corrected chi connectivity index (χ2v) is 13.5. The third-order valence-corrected chi connectivity index (χ3v) is 9.64. The Morgan fingerprint density at radius 2 is 0.961 bits per heavy atom. The molecule has 2 saturated heterocycles. The molecule has 2 aliphatic rings. The first-order chi connectivity index (χ1) is 24.7. The molecule has 4 heterocycles. The van der Waals surface area contributed by atoms with E-state index in [-0.39, 0.29) is 49.1 Å². The van der Waals surface area contributed by atoms with Crippen molar-refractivity contribution in [3.63, 3.8) is 0 Å². The standard InChI is InChI=1S/C36H48N10O5/c1-25-7-5-8-26(2)45(25)33(47)23-43-39-35(37-41-43)29-11-15-31(16-12-29)50-21-19-49-20-22-51-32-17-13-30(14-18-32)36-38-42-44(40-36)24-34(48)46-27(3)9-6-10-28(46)4/h11-18,25-28H,5-10,19-24H2,1-4H3. The average Bonchev–Trinajstić information content (AvgIpc) is 3.78. The average molecular weight is 701 g/mol. The number of piperidine rings is 2. The molecule has 2 aromatic carbocycles. The molecule has 0 N–H and O–H groups in total. The Morgan fingerprint density at radius 3 is 1.33 bits per heavy atom. The summed E-state index contributed by atoms with van der Waals surface area (Å²) in [4.78, 5) is 32.4. The molecular formula is C36H48N10O5. The summed E-state index contributed by atoms with van der Waals surface area (Å²) in [7, 11) is 0. The molecule has 6 rings (SSSR count). The minimum absolute atomic E-state index is 0.0183. The van der Waals surface area contributed by atoms with Crippen LogP contribution >= 0.6 is 0 Å². The van der Waals surface area contributed by atoms with Crippen molar-refractivity contribution >= 4 is 11.8 Å². The number of hydrogen-bond acceptors (Lipinski definition) is 11. The Labute approximate surface area is 298 Å². The SMILES string of the molecule is CC1CCCC(C)N1C(=O)Cn1nnc(-c2ccc(OCCOCCOc3ccc(-c4nnn(CC(=O)N5C(C)CCCC5C)n4)cc3)cc2)n1. The van der Waals surface area contributed by atoms with E-state index in [4.69, 9.17) is 14.2 Å². The van der Waals surface area contributed by atoms with Crippen molar-refractivity contribution in [3.05, 3.63) is 48.5 Å². The van der Waals surface area contributed by atoms with Crippen LogP contribution in [-0.4, -0.2) is 113 Å². The monoisotopic (exact) mass is 700 g/mol. The van der Waals surface area contributed by atoms with Gasteiger partial charge in [-0.05, 0) is 125 Å². The van der Waals surface area contributed by atoms with Crippen LogP contribution < -0.4 is 9.47 Å². The number of benzene rings is 2. The lowest BCUT2D eigenvalue weighted by Crippen LogP contribution is -2.48. The summed E-state index contributed by atoms with van der Waals surface area (Å²) in [5.41, 5.74) is 1.57. The van der Waals surface area contributed by atoms with Crippen LogP contribution in [0.4, 0.5) is 0 Å². The molecule has 2 amide bonds. The van der Waals surface area contributed by atoms with Crippen LogP contribution in [0.1, 0.15) is 66.2 Å². The minimum atomic E-state index is 0.0183. The predicted molar refractivity (Wildman–Crippen MR) is 188 cm³/mol. The summed E-state index contributed by atoms with van der Waals surface area (Å²) in [6, 6.07) is 15.7. The number of rotatable bonds is 14. The molecular weight excluding hydrogens is 652 g/mol. The normalized spacial score (nSPS) is 20.7. The van der Waals surface area contributed by atoms with Crippen molar-refractivity contribution in [1.29, 1.82) is 0 Å². The smallest absolute Gasteiger partial charge is 0.246 e. The molecule has 51 heavy (non-hydrogen) atoms. The molecule has 0 bridgehead atoms. The molecule has 4 aromatic rings. The van der Waals surface area contributed by atoms with E-state index in [1.165, 1.54) is 9.59 Å². The van der Waals surface area contributed by atoms with Gasteiger partial charge >= 0.3 is 0 Å². The number of likely N-dealkylation sites (tertiary alicyclic amines) is 2. The number of carbonyl (C=O) groups excluding carboxylic acids is 2. The first-order valence-corrected chi connectivity index (χ1v) is 18.0. The van der Waals surface area contributed by atoms with Gasteiger partial charge in [-0.15, -0.1) is 20.4 Å². The molecule has 0 radical (unpaired) electrons. The highest BCUT2D eigenvalue weighted by Gasteiger charge is 2.30. The van der Waals surface area contributed by atoms with Crippen LogP contribution in [-0.2, 0) is 27.4 Å². The molecule has 2 aromatic heterocycles. The fourth-order valence-electron chi connectivity index (χ4n) is 7.02. The number of nitrogens with zero attached hydrogens (tertiary/aromatic N) is 10. The van der Waals surface area contributed by atoms with Crippen LogP contribution in [0.3, 0.4) is 0 Å². The Bertz CT molecular complexity index is 1580. The van der Waals surface area contributed by atoms with Crippen LogP contribution in [0, 0.1) is 0 Å². The molecule has 272 valence electrons. The maximum absolute atomic E-state index is 12.9. The summed E-state index contributed by atoms with van der Waals surface area (Å²) < 4.78 is 17.3. The van der Waals surface area contributed by atoms with Gasteiger partial charge in [-0.1, -0.05) is 0 Å². The number of amides is 2. The van der Waals surface area contributed by atoms with Gasteiger partial charge in [0.05, 0.1) is 13.2 Å². The van der Waals surface area contributed by atoms with Gasteiger partial charge in [0.15, 0.2) is 0 Å². The Balaban J connectivity index is 0.864. The van der Waals surface area contributed by atoms with E-state index in [1.807, 2.05) is 58.3 Å². The van der Waals surface area contributed by atoms with E-state index in [0.29, 0.717) is 49.6 Å². The summed E-state index contributed by atoms with van der Waals surface area (Å²) in [5, 5.41) is 25.3. The van der Waals surface area contributed by atoms with E-state index in [1.54, 1.807) is 0 Å². The lowest BCUT2D eigenvalue weighted by Gasteiger charge is -2.38. The van der Waals surface area contributed by atoms with Crippen molar-refractivity contribution in [1.82, 2.24) is 50.2 Å². The zero-order valence-corrected chi connectivity index (χ0v) is 29.9. The van der Waals surface area contributed by atoms with Gasteiger partial charge in [-0.2, -0.15) is 9.59 Å². The molecule has 0 saturated carbocycles. The van der Waals surface area contributed by atoms with Crippen LogP contribution in [0.15, 0.2) is 48.5 Å². The van der Waals surface area contributed by atoms with Crippen molar-refractivity contribution < 1.29 is 23.8 Å². The zero-order chi connectivity index (χ0) is 35.7. The summed E-state index contributed by atoms with van der Waals surface area (Å²) >= 11 is 0. The van der Waals surface area contributed by atoms with Crippen LogP contribution in [0.25, 0.3) is 22.8 Å². The quantitative estimate of drug-likeness (QED) is 0.175. The Morgan fingerprint density at radius 1 is 0.588 bits per heavy atom. The van der Waals surface area contributed by atoms with Crippen LogP contribution in [0.2, 0.25) is 0 Å². The minimum Gasteiger partial charge on any atom is -0.491 e. The van der Waals surface area contributed by atoms with Gasteiger partial charge in [0.1, 0.15) is 37.8 Å². The van der Waals surface area contributed by atoms with Gasteiger partial charge in [0, 0.05) is 35.3 Å². The van der Waals surface area contributed by atoms with Crippen molar-refractivity contribution in [2.75, 3.05) is 26.4 Å². The second-order valence-electron chi connectivity index (χ2n) is 13.5. The first kappa shape index (κ1) is 35.9. The predicted octanol–water partition coefficient (Wildman–Crippen LogP) is 4.05. The van der Waals surface area contributed by atoms with E-state index in [0.717, 1.165) is 49.7 Å². The summed E-state index contributed by atoms with van der Waals surface area (Å²) in [6.45, 7) is 10.1. The lowest BCUT2D eigenvalue weighted by molar-refractivity contribution is -0.139. The lowest BCUT2D eigenvalue weighted by atomic mass is 9.97. The fourth-order valence-corrected chi connectivity index (χ4v) is 7.02. The number of carbonyl (C=O) groups is 2. The Hall–Kier alpha value is -4.92. The summed E-state index contributed by atoms with van der Waals surface area (Å²) in [6.07, 6.45) is 6.38. The second kappa shape index (κ2) is 16.9. The number of hydrogen-bond donors (Lipinski definition) is 0. The van der Waals surface area contributed by atoms with E-state index in [9.17, 15) is 9.59 Å². The molecule has 2 fully saturated rings. The largest absolute Gasteiger partial charge is 0.491 e. The van der Waals surface area contributed by atoms with Crippen molar-refractivity contribution in [2.24, 2.45) is 0 Å². The van der Waals surface area contributed by atoms with Gasteiger partial charge < -0.3 is 24.0 Å². The highest BCUT2D eigenvalue weighted by atomic mass is 16.5. The number of tetrazole rings is 2. The third kappa shape index (κ3) is 9.25. The van der Waals surface area contributed by atoms with E-state index < -0.39 is 0 Å². The fraction of sp³-hybridized carbons (Fsp3) is 0.556. The third-order valence-electron chi connectivity index (χ3n) is 9.64. The maximum Gasteiger partial charge on any atom is 0.246 e. The number of ether oxygens (including phenoxy) is 3. The maximum atomic E-state index is 12.9. The van der Waals surface area contributed by atoms with Gasteiger partial charge in [-0.3, -0.25) is 9.59 Å². The van der Waals surface area contributed by atoms with Gasteiger partial charge in [-0.25, -0.2) is 0 Å². The Kier molecular flexibility index (Phi) is 11.9. The molecule has 4 atom stereocenters. The molecule has 2 aliphatic heterocycles. The van der Waals surface area contributed by atoms with Crippen molar-refractivity contribution in [2.45, 2.75) is 103 Å². The molecule has 15 nitrogen and oxygen atoms in total. The van der Waals surface area contributed by atoms with Gasteiger partial charge in [0.25, 0.3) is 0 Å². The first-order valence-electron chi connectivity index (χ1n) is 18.0. The molecule has 4 unspecified atom stereocenters. The summed E-state index contributed by atoms with van der Waals surface area (Å²) in [5.74, 6) is 2.34. The van der Waals surface area contributed by atoms with Crippen LogP contribution in [0.5, 0.6) is 11.5 Å². The molecule has 0 aliphatic carbocycles. The van der Waals surface area contributed by atoms with E-state index in [2.05, 4.69) is 58.5 Å². The zero-order valence-electron chi connectivity index (χ0n) is 29.9. The van der Waals surface area contributed by atoms with E-state index >= 15 is 0 Å². The molecule has 0 spiro atoms. The topological polar surface area (TPSA) is 156 Å². The highest BCUT2D eigenvalue weighted by molar-refractivity contribution is 5.77.